The quantitative estimate of drug-likeness (QED) is 0.734. The molecule has 2 aromatic rings. The molecular formula is C16H17NO6S. The fourth-order valence-electron chi connectivity index (χ4n) is 2.12. The fraction of sp³-hybridized carbons (Fsp3) is 0.250. The molecule has 7 nitrogen and oxygen atoms in total. The summed E-state index contributed by atoms with van der Waals surface area (Å²) in [6.07, 6.45) is 2.70. The molecule has 8 heteroatoms. The Kier molecular flexibility index (Phi) is 5.40. The van der Waals surface area contributed by atoms with Crippen LogP contribution in [0.3, 0.4) is 0 Å². The number of carbonyl (C=O) groups excluding carboxylic acids is 1. The Morgan fingerprint density at radius 2 is 1.83 bits per heavy atom. The van der Waals surface area contributed by atoms with Gasteiger partial charge in [-0.25, -0.2) is 13.2 Å². The molecule has 0 saturated heterocycles. The smallest absolute Gasteiger partial charge is 0.339 e. The van der Waals surface area contributed by atoms with E-state index >= 15 is 0 Å². The normalized spacial score (nSPS) is 11.0. The minimum atomic E-state index is -3.73. The lowest BCUT2D eigenvalue weighted by atomic mass is 10.2. The summed E-state index contributed by atoms with van der Waals surface area (Å²) < 4.78 is 40.2. The van der Waals surface area contributed by atoms with Crippen LogP contribution >= 0.6 is 0 Å². The average molecular weight is 351 g/mol. The maximum absolute atomic E-state index is 12.7. The van der Waals surface area contributed by atoms with E-state index < -0.39 is 15.8 Å². The first-order valence-corrected chi connectivity index (χ1v) is 8.53. The van der Waals surface area contributed by atoms with Crippen LogP contribution in [0.2, 0.25) is 0 Å². The van der Waals surface area contributed by atoms with Gasteiger partial charge in [0.15, 0.2) is 9.84 Å². The number of aromatic nitrogens is 1. The number of carbonyl (C=O) groups is 1. The van der Waals surface area contributed by atoms with Crippen molar-refractivity contribution in [1.82, 2.24) is 4.98 Å². The Morgan fingerprint density at radius 1 is 1.08 bits per heavy atom. The summed E-state index contributed by atoms with van der Waals surface area (Å²) in [5, 5.41) is 0. The Bertz CT molecular complexity index is 847. The van der Waals surface area contributed by atoms with Crippen LogP contribution in [0, 0.1) is 0 Å². The predicted octanol–water partition coefficient (Wildman–Crippen LogP) is 1.86. The first kappa shape index (κ1) is 17.7. The van der Waals surface area contributed by atoms with Crippen LogP contribution in [0.15, 0.2) is 41.6 Å². The molecule has 1 aromatic heterocycles. The molecule has 0 aliphatic rings. The molecule has 0 unspecified atom stereocenters. The van der Waals surface area contributed by atoms with E-state index in [4.69, 9.17) is 9.47 Å². The van der Waals surface area contributed by atoms with E-state index in [1.807, 2.05) is 0 Å². The third-order valence-corrected chi connectivity index (χ3v) is 4.98. The molecule has 0 N–H and O–H groups in total. The van der Waals surface area contributed by atoms with Crippen LogP contribution in [0.25, 0.3) is 0 Å². The number of benzene rings is 1. The van der Waals surface area contributed by atoms with E-state index in [1.165, 1.54) is 51.9 Å². The number of ether oxygens (including phenoxy) is 3. The Labute approximate surface area is 140 Å². The van der Waals surface area contributed by atoms with Crippen LogP contribution in [0.5, 0.6) is 11.5 Å². The molecule has 0 bridgehead atoms. The summed E-state index contributed by atoms with van der Waals surface area (Å²) in [6.45, 7) is 0. The topological polar surface area (TPSA) is 91.8 Å². The van der Waals surface area contributed by atoms with Crippen molar-refractivity contribution >= 4 is 15.8 Å². The van der Waals surface area contributed by atoms with Gasteiger partial charge in [0.25, 0.3) is 0 Å². The van der Waals surface area contributed by atoms with E-state index in [-0.39, 0.29) is 22.0 Å². The highest BCUT2D eigenvalue weighted by atomic mass is 32.2. The van der Waals surface area contributed by atoms with Gasteiger partial charge in [0.1, 0.15) is 16.4 Å². The fourth-order valence-corrected chi connectivity index (χ4v) is 3.63. The van der Waals surface area contributed by atoms with E-state index in [0.717, 1.165) is 0 Å². The SMILES string of the molecule is COC(=O)c1cncc(CS(=O)(=O)c2cc(OC)ccc2OC)c1. The van der Waals surface area contributed by atoms with Crippen LogP contribution in [-0.4, -0.2) is 40.7 Å². The number of hydrogen-bond donors (Lipinski definition) is 0. The number of pyridine rings is 1. The Hall–Kier alpha value is -2.61. The summed E-state index contributed by atoms with van der Waals surface area (Å²) >= 11 is 0. The minimum absolute atomic E-state index is 0.00724. The first-order valence-electron chi connectivity index (χ1n) is 6.88. The predicted molar refractivity (Wildman–Crippen MR) is 86.0 cm³/mol. The second-order valence-corrected chi connectivity index (χ2v) is 6.81. The summed E-state index contributed by atoms with van der Waals surface area (Å²) in [4.78, 5) is 15.4. The highest BCUT2D eigenvalue weighted by molar-refractivity contribution is 7.90. The van der Waals surface area contributed by atoms with E-state index in [1.54, 1.807) is 6.07 Å². The Morgan fingerprint density at radius 3 is 2.46 bits per heavy atom. The lowest BCUT2D eigenvalue weighted by Gasteiger charge is -2.11. The number of hydrogen-bond acceptors (Lipinski definition) is 7. The van der Waals surface area contributed by atoms with Gasteiger partial charge in [0, 0.05) is 18.5 Å². The molecule has 24 heavy (non-hydrogen) atoms. The number of sulfone groups is 1. The van der Waals surface area contributed by atoms with Crippen molar-refractivity contribution in [2.45, 2.75) is 10.6 Å². The van der Waals surface area contributed by atoms with Gasteiger partial charge in [-0.05, 0) is 23.8 Å². The van der Waals surface area contributed by atoms with Crippen LogP contribution in [0.1, 0.15) is 15.9 Å². The largest absolute Gasteiger partial charge is 0.497 e. The van der Waals surface area contributed by atoms with Crippen molar-refractivity contribution in [3.05, 3.63) is 47.8 Å². The van der Waals surface area contributed by atoms with Gasteiger partial charge in [0.2, 0.25) is 0 Å². The second-order valence-electron chi connectivity index (χ2n) is 4.85. The molecule has 0 spiro atoms. The minimum Gasteiger partial charge on any atom is -0.497 e. The molecular weight excluding hydrogens is 334 g/mol. The molecule has 1 aromatic carbocycles. The molecule has 128 valence electrons. The summed E-state index contributed by atoms with van der Waals surface area (Å²) in [6, 6.07) is 5.96. The first-order chi connectivity index (χ1) is 11.4. The molecule has 0 atom stereocenters. The van der Waals surface area contributed by atoms with Crippen molar-refractivity contribution in [1.29, 1.82) is 0 Å². The van der Waals surface area contributed by atoms with Crippen molar-refractivity contribution in [3.8, 4) is 11.5 Å². The zero-order valence-electron chi connectivity index (χ0n) is 13.5. The lowest BCUT2D eigenvalue weighted by Crippen LogP contribution is -2.09. The third kappa shape index (κ3) is 3.83. The lowest BCUT2D eigenvalue weighted by molar-refractivity contribution is 0.0600. The number of esters is 1. The Balaban J connectivity index is 2.40. The molecule has 0 aliphatic carbocycles. The standard InChI is InChI=1S/C16H17NO6S/c1-21-13-4-5-14(22-2)15(7-13)24(19,20)10-11-6-12(9-17-8-11)16(18)23-3/h4-9H,10H2,1-3H3. The van der Waals surface area contributed by atoms with E-state index in [9.17, 15) is 13.2 Å². The average Bonchev–Trinajstić information content (AvgIpc) is 2.60. The van der Waals surface area contributed by atoms with Gasteiger partial charge in [-0.3, -0.25) is 4.98 Å². The van der Waals surface area contributed by atoms with Gasteiger partial charge < -0.3 is 14.2 Å². The van der Waals surface area contributed by atoms with Crippen LogP contribution < -0.4 is 9.47 Å². The number of methoxy groups -OCH3 is 3. The maximum Gasteiger partial charge on any atom is 0.339 e. The molecule has 0 fully saturated rings. The van der Waals surface area contributed by atoms with Gasteiger partial charge >= 0.3 is 5.97 Å². The number of nitrogens with zero attached hydrogens (tertiary/aromatic N) is 1. The molecule has 0 aliphatic heterocycles. The summed E-state index contributed by atoms with van der Waals surface area (Å²) in [5.74, 6) is -0.307. The molecule has 0 saturated carbocycles. The zero-order chi connectivity index (χ0) is 17.7. The van der Waals surface area contributed by atoms with Crippen LogP contribution in [0.4, 0.5) is 0 Å². The van der Waals surface area contributed by atoms with Gasteiger partial charge in [-0.1, -0.05) is 0 Å². The van der Waals surface area contributed by atoms with Gasteiger partial charge in [-0.15, -0.1) is 0 Å². The van der Waals surface area contributed by atoms with Crippen LogP contribution in [-0.2, 0) is 20.3 Å². The van der Waals surface area contributed by atoms with Crippen molar-refractivity contribution in [3.63, 3.8) is 0 Å². The van der Waals surface area contributed by atoms with Gasteiger partial charge in [0.05, 0.1) is 32.6 Å². The molecule has 0 radical (unpaired) electrons. The second kappa shape index (κ2) is 7.31. The summed E-state index contributed by atoms with van der Waals surface area (Å²) in [7, 11) is 0.343. The highest BCUT2D eigenvalue weighted by Crippen LogP contribution is 2.30. The van der Waals surface area contributed by atoms with Crippen molar-refractivity contribution in [2.24, 2.45) is 0 Å². The van der Waals surface area contributed by atoms with E-state index in [0.29, 0.717) is 11.3 Å². The van der Waals surface area contributed by atoms with E-state index in [2.05, 4.69) is 9.72 Å². The third-order valence-electron chi connectivity index (χ3n) is 3.28. The van der Waals surface area contributed by atoms with Gasteiger partial charge in [-0.2, -0.15) is 0 Å². The maximum atomic E-state index is 12.7. The highest BCUT2D eigenvalue weighted by Gasteiger charge is 2.22. The number of rotatable bonds is 6. The summed E-state index contributed by atoms with van der Waals surface area (Å²) in [5.41, 5.74) is 0.547. The molecule has 0 amide bonds. The molecule has 2 rings (SSSR count). The van der Waals surface area contributed by atoms with Crippen molar-refractivity contribution < 1.29 is 27.4 Å². The van der Waals surface area contributed by atoms with Crippen molar-refractivity contribution in [2.75, 3.05) is 21.3 Å². The molecule has 1 heterocycles. The zero-order valence-corrected chi connectivity index (χ0v) is 14.3. The monoisotopic (exact) mass is 351 g/mol.